The standard InChI is InChI=1S/C15H20F3NO4S/c1-11(2)9-19(10-15(16,17)18)24(20,21)12-4-5-13-14(8-12)23-7-3-6-22-13/h4-5,8,11H,3,6-7,9-10H2,1-2H3. The van der Waals surface area contributed by atoms with Crippen LogP contribution in [-0.4, -0.2) is 45.2 Å². The fourth-order valence-corrected chi connectivity index (χ4v) is 3.91. The molecule has 0 amide bonds. The Morgan fingerprint density at radius 3 is 2.38 bits per heavy atom. The van der Waals surface area contributed by atoms with Crippen LogP contribution >= 0.6 is 0 Å². The molecule has 0 saturated carbocycles. The van der Waals surface area contributed by atoms with Crippen molar-refractivity contribution in [2.45, 2.75) is 31.3 Å². The SMILES string of the molecule is CC(C)CN(CC(F)(F)F)S(=O)(=O)c1ccc2c(c1)OCCCO2. The summed E-state index contributed by atoms with van der Waals surface area (Å²) in [6.45, 7) is 2.36. The number of sulfonamides is 1. The van der Waals surface area contributed by atoms with Crippen LogP contribution in [0.3, 0.4) is 0 Å². The first-order chi connectivity index (χ1) is 11.1. The molecule has 5 nitrogen and oxygen atoms in total. The Bertz CT molecular complexity index is 674. The second kappa shape index (κ2) is 7.18. The number of hydrogen-bond acceptors (Lipinski definition) is 4. The van der Waals surface area contributed by atoms with E-state index in [9.17, 15) is 21.6 Å². The average molecular weight is 367 g/mol. The highest BCUT2D eigenvalue weighted by Gasteiger charge is 2.37. The van der Waals surface area contributed by atoms with Crippen molar-refractivity contribution in [1.29, 1.82) is 0 Å². The third kappa shape index (κ3) is 4.76. The summed E-state index contributed by atoms with van der Waals surface area (Å²) in [6, 6.07) is 3.88. The molecule has 9 heteroatoms. The van der Waals surface area contributed by atoms with Crippen molar-refractivity contribution < 1.29 is 31.1 Å². The van der Waals surface area contributed by atoms with Crippen LogP contribution in [-0.2, 0) is 10.0 Å². The van der Waals surface area contributed by atoms with Crippen molar-refractivity contribution in [3.63, 3.8) is 0 Å². The molecule has 1 aromatic carbocycles. The smallest absolute Gasteiger partial charge is 0.402 e. The van der Waals surface area contributed by atoms with E-state index in [1.807, 2.05) is 0 Å². The Balaban J connectivity index is 2.37. The summed E-state index contributed by atoms with van der Waals surface area (Å²) in [6.07, 6.45) is -3.97. The maximum atomic E-state index is 12.8. The van der Waals surface area contributed by atoms with Crippen LogP contribution in [0.5, 0.6) is 11.5 Å². The maximum Gasteiger partial charge on any atom is 0.402 e. The zero-order valence-corrected chi connectivity index (χ0v) is 14.3. The van der Waals surface area contributed by atoms with E-state index < -0.39 is 22.7 Å². The molecule has 0 saturated heterocycles. The first-order valence-electron chi connectivity index (χ1n) is 7.56. The third-order valence-corrected chi connectivity index (χ3v) is 5.09. The summed E-state index contributed by atoms with van der Waals surface area (Å²) >= 11 is 0. The molecule has 0 bridgehead atoms. The van der Waals surface area contributed by atoms with Gasteiger partial charge in [-0.3, -0.25) is 0 Å². The van der Waals surface area contributed by atoms with Gasteiger partial charge >= 0.3 is 6.18 Å². The molecule has 1 aromatic rings. The number of benzene rings is 1. The number of ether oxygens (including phenoxy) is 2. The molecule has 0 atom stereocenters. The molecule has 0 aromatic heterocycles. The lowest BCUT2D eigenvalue weighted by molar-refractivity contribution is -0.136. The summed E-state index contributed by atoms with van der Waals surface area (Å²) < 4.78 is 74.9. The Morgan fingerprint density at radius 1 is 1.17 bits per heavy atom. The number of fused-ring (bicyclic) bond motifs is 1. The molecule has 0 spiro atoms. The highest BCUT2D eigenvalue weighted by molar-refractivity contribution is 7.89. The van der Waals surface area contributed by atoms with Gasteiger partial charge in [0.05, 0.1) is 18.1 Å². The van der Waals surface area contributed by atoms with Crippen LogP contribution in [0.15, 0.2) is 23.1 Å². The number of halogens is 3. The second-order valence-corrected chi connectivity index (χ2v) is 7.90. The van der Waals surface area contributed by atoms with Crippen LogP contribution in [0, 0.1) is 5.92 Å². The van der Waals surface area contributed by atoms with Crippen LogP contribution < -0.4 is 9.47 Å². The maximum absolute atomic E-state index is 12.8. The van der Waals surface area contributed by atoms with Gasteiger partial charge in [0.15, 0.2) is 11.5 Å². The van der Waals surface area contributed by atoms with Gasteiger partial charge in [-0.15, -0.1) is 0 Å². The fourth-order valence-electron chi connectivity index (χ4n) is 2.31. The number of hydrogen-bond donors (Lipinski definition) is 0. The van der Waals surface area contributed by atoms with E-state index in [-0.39, 0.29) is 23.1 Å². The zero-order chi connectivity index (χ0) is 18.0. The first-order valence-corrected chi connectivity index (χ1v) is 9.00. The molecule has 0 N–H and O–H groups in total. The minimum absolute atomic E-state index is 0.226. The van der Waals surface area contributed by atoms with Crippen LogP contribution in [0.1, 0.15) is 20.3 Å². The summed E-state index contributed by atoms with van der Waals surface area (Å²) in [5.74, 6) is 0.366. The number of rotatable bonds is 5. The van der Waals surface area contributed by atoms with Crippen molar-refractivity contribution in [2.24, 2.45) is 5.92 Å². The van der Waals surface area contributed by atoms with Gasteiger partial charge in [0.25, 0.3) is 0 Å². The molecule has 1 aliphatic rings. The normalized spacial score (nSPS) is 15.6. The Kier molecular flexibility index (Phi) is 5.64. The van der Waals surface area contributed by atoms with E-state index in [0.717, 1.165) is 0 Å². The van der Waals surface area contributed by atoms with Crippen LogP contribution in [0.4, 0.5) is 13.2 Å². The number of nitrogens with zero attached hydrogens (tertiary/aromatic N) is 1. The molecule has 1 aliphatic heterocycles. The van der Waals surface area contributed by atoms with Gasteiger partial charge in [-0.25, -0.2) is 8.42 Å². The van der Waals surface area contributed by atoms with E-state index in [0.29, 0.717) is 29.7 Å². The van der Waals surface area contributed by atoms with E-state index in [1.54, 1.807) is 13.8 Å². The summed E-state index contributed by atoms with van der Waals surface area (Å²) in [5.41, 5.74) is 0. The van der Waals surface area contributed by atoms with Gasteiger partial charge in [-0.1, -0.05) is 13.8 Å². The van der Waals surface area contributed by atoms with Crippen LogP contribution in [0.25, 0.3) is 0 Å². The number of alkyl halides is 3. The van der Waals surface area contributed by atoms with Crippen molar-refractivity contribution in [3.8, 4) is 11.5 Å². The van der Waals surface area contributed by atoms with Crippen molar-refractivity contribution in [1.82, 2.24) is 4.31 Å². The minimum Gasteiger partial charge on any atom is -0.490 e. The highest BCUT2D eigenvalue weighted by Crippen LogP contribution is 2.33. The minimum atomic E-state index is -4.62. The lowest BCUT2D eigenvalue weighted by atomic mass is 10.2. The molecule has 0 unspecified atom stereocenters. The Hall–Kier alpha value is -1.48. The van der Waals surface area contributed by atoms with Crippen molar-refractivity contribution >= 4 is 10.0 Å². The highest BCUT2D eigenvalue weighted by atomic mass is 32.2. The molecule has 136 valence electrons. The topological polar surface area (TPSA) is 55.8 Å². The lowest BCUT2D eigenvalue weighted by Gasteiger charge is -2.25. The van der Waals surface area contributed by atoms with Crippen molar-refractivity contribution in [2.75, 3.05) is 26.3 Å². The second-order valence-electron chi connectivity index (χ2n) is 5.97. The van der Waals surface area contributed by atoms with Gasteiger partial charge in [-0.2, -0.15) is 17.5 Å². The average Bonchev–Trinajstić information content (AvgIpc) is 2.68. The molecular weight excluding hydrogens is 347 g/mol. The molecule has 0 aliphatic carbocycles. The van der Waals surface area contributed by atoms with Gasteiger partial charge < -0.3 is 9.47 Å². The largest absolute Gasteiger partial charge is 0.490 e. The summed E-state index contributed by atoms with van der Waals surface area (Å²) in [5, 5.41) is 0. The monoisotopic (exact) mass is 367 g/mol. The Labute approximate surface area is 139 Å². The van der Waals surface area contributed by atoms with E-state index in [2.05, 4.69) is 0 Å². The molecule has 0 radical (unpaired) electrons. The van der Waals surface area contributed by atoms with E-state index in [1.165, 1.54) is 18.2 Å². The third-order valence-electron chi connectivity index (χ3n) is 3.28. The molecule has 1 heterocycles. The van der Waals surface area contributed by atoms with E-state index in [4.69, 9.17) is 9.47 Å². The molecule has 0 fully saturated rings. The molecule has 24 heavy (non-hydrogen) atoms. The quantitative estimate of drug-likeness (QED) is 0.803. The first kappa shape index (κ1) is 18.9. The lowest BCUT2D eigenvalue weighted by Crippen LogP contribution is -2.41. The van der Waals surface area contributed by atoms with Crippen molar-refractivity contribution in [3.05, 3.63) is 18.2 Å². The summed E-state index contributed by atoms with van der Waals surface area (Å²) in [7, 11) is -4.30. The Morgan fingerprint density at radius 2 is 1.79 bits per heavy atom. The fraction of sp³-hybridized carbons (Fsp3) is 0.600. The molecular formula is C15H20F3NO4S. The van der Waals surface area contributed by atoms with Gasteiger partial charge in [0.1, 0.15) is 6.54 Å². The zero-order valence-electron chi connectivity index (χ0n) is 13.5. The van der Waals surface area contributed by atoms with E-state index >= 15 is 0 Å². The predicted octanol–water partition coefficient (Wildman–Crippen LogP) is 3.06. The van der Waals surface area contributed by atoms with Crippen LogP contribution in [0.2, 0.25) is 0 Å². The predicted molar refractivity (Wildman–Crippen MR) is 81.7 cm³/mol. The van der Waals surface area contributed by atoms with Gasteiger partial charge in [0, 0.05) is 19.0 Å². The summed E-state index contributed by atoms with van der Waals surface area (Å²) in [4.78, 5) is -0.239. The molecule has 2 rings (SSSR count). The van der Waals surface area contributed by atoms with Gasteiger partial charge in [-0.05, 0) is 18.1 Å². The van der Waals surface area contributed by atoms with Gasteiger partial charge in [0.2, 0.25) is 10.0 Å².